The fourth-order valence-electron chi connectivity index (χ4n) is 4.72. The molecule has 0 saturated carbocycles. The molecular formula is C28H40N4O5. The third-order valence-corrected chi connectivity index (χ3v) is 6.30. The summed E-state index contributed by atoms with van der Waals surface area (Å²) in [7, 11) is 0. The van der Waals surface area contributed by atoms with E-state index >= 15 is 0 Å². The first kappa shape index (κ1) is 28.2. The van der Waals surface area contributed by atoms with Crippen molar-refractivity contribution in [1.82, 2.24) is 19.4 Å². The summed E-state index contributed by atoms with van der Waals surface area (Å²) in [4.78, 5) is 51.9. The number of nitrogens with zero attached hydrogens (tertiary/aromatic N) is 3. The second-order valence-corrected chi connectivity index (χ2v) is 11.2. The van der Waals surface area contributed by atoms with Gasteiger partial charge in [-0.1, -0.05) is 26.0 Å². The molecule has 1 aromatic heterocycles. The van der Waals surface area contributed by atoms with Gasteiger partial charge in [0.1, 0.15) is 11.6 Å². The van der Waals surface area contributed by atoms with E-state index in [0.717, 1.165) is 16.7 Å². The number of ether oxygens (including phenoxy) is 1. The van der Waals surface area contributed by atoms with Crippen molar-refractivity contribution in [2.45, 2.75) is 91.8 Å². The van der Waals surface area contributed by atoms with Crippen molar-refractivity contribution in [3.05, 3.63) is 40.3 Å². The number of nitrogens with one attached hydrogen (secondary N) is 1. The van der Waals surface area contributed by atoms with Gasteiger partial charge in [-0.2, -0.15) is 0 Å². The highest BCUT2D eigenvalue weighted by molar-refractivity contribution is 6.00. The molecule has 0 spiro atoms. The summed E-state index contributed by atoms with van der Waals surface area (Å²) in [5.74, 6) is -0.761. The Labute approximate surface area is 218 Å². The molecule has 1 fully saturated rings. The normalized spacial score (nSPS) is 18.6. The van der Waals surface area contributed by atoms with Crippen molar-refractivity contribution in [2.24, 2.45) is 0 Å². The van der Waals surface area contributed by atoms with Crippen LogP contribution in [0.1, 0.15) is 86.3 Å². The van der Waals surface area contributed by atoms with E-state index in [2.05, 4.69) is 5.32 Å². The summed E-state index contributed by atoms with van der Waals surface area (Å²) in [5.41, 5.74) is 2.13. The van der Waals surface area contributed by atoms with Crippen LogP contribution in [0.15, 0.2) is 29.1 Å². The fraction of sp³-hybridized carbons (Fsp3) is 0.571. The molecule has 0 aliphatic carbocycles. The van der Waals surface area contributed by atoms with Crippen LogP contribution >= 0.6 is 0 Å². The van der Waals surface area contributed by atoms with E-state index in [1.54, 1.807) is 9.47 Å². The number of imidazole rings is 1. The minimum Gasteiger partial charge on any atom is -0.444 e. The molecule has 2 aliphatic rings. The maximum absolute atomic E-state index is 13.6. The first-order valence-corrected chi connectivity index (χ1v) is 13.0. The number of hydrogen-bond donors (Lipinski definition) is 1. The molecular weight excluding hydrogens is 472 g/mol. The number of carbonyl (C=O) groups excluding carboxylic acids is 3. The second-order valence-electron chi connectivity index (χ2n) is 11.2. The van der Waals surface area contributed by atoms with E-state index in [1.165, 1.54) is 4.57 Å². The van der Waals surface area contributed by atoms with Crippen molar-refractivity contribution in [3.63, 3.8) is 0 Å². The van der Waals surface area contributed by atoms with Crippen LogP contribution in [0.2, 0.25) is 0 Å². The number of hydrogen-bond acceptors (Lipinski definition) is 5. The summed E-state index contributed by atoms with van der Waals surface area (Å²) in [5, 5.41) is 2.36. The first-order valence-electron chi connectivity index (χ1n) is 13.0. The molecule has 9 heteroatoms. The standard InChI is InChI=1S/C26H34N4O5.C2H6/c1-25(2,3)30-20-15-17(16-11-13-28(14-12-16)24(34)35-26(4,5)6)7-8-18(20)29(23(30)33)19-9-10-21(31)27-22(19)32;1-2/h7-8,11,15,19H,9-10,12-14H2,1-6H3,(H,27,31,32);1-2H3. The van der Waals surface area contributed by atoms with Crippen molar-refractivity contribution >= 4 is 34.5 Å². The second kappa shape index (κ2) is 10.6. The Bertz CT molecular complexity index is 1290. The lowest BCUT2D eigenvalue weighted by Crippen LogP contribution is -2.45. The average molecular weight is 513 g/mol. The van der Waals surface area contributed by atoms with Crippen LogP contribution in [0.25, 0.3) is 16.6 Å². The van der Waals surface area contributed by atoms with E-state index in [-0.39, 0.29) is 24.1 Å². The van der Waals surface area contributed by atoms with Crippen molar-refractivity contribution in [1.29, 1.82) is 0 Å². The van der Waals surface area contributed by atoms with Gasteiger partial charge in [0.2, 0.25) is 11.8 Å². The van der Waals surface area contributed by atoms with Gasteiger partial charge < -0.3 is 9.64 Å². The van der Waals surface area contributed by atoms with E-state index in [1.807, 2.05) is 79.7 Å². The maximum Gasteiger partial charge on any atom is 0.410 e. The molecule has 3 heterocycles. The SMILES string of the molecule is CC.CC(C)(C)OC(=O)N1CC=C(c2ccc3c(c2)n(C(C)(C)C)c(=O)n3C2CCC(=O)NC2=O)CC1. The van der Waals surface area contributed by atoms with Gasteiger partial charge in [-0.3, -0.25) is 24.0 Å². The summed E-state index contributed by atoms with van der Waals surface area (Å²) >= 11 is 0. The number of piperidine rings is 1. The van der Waals surface area contributed by atoms with Gasteiger partial charge in [-0.05, 0) is 77.7 Å². The quantitative estimate of drug-likeness (QED) is 0.593. The molecule has 9 nitrogen and oxygen atoms in total. The molecule has 0 bridgehead atoms. The van der Waals surface area contributed by atoms with E-state index in [0.29, 0.717) is 31.4 Å². The highest BCUT2D eigenvalue weighted by atomic mass is 16.6. The van der Waals surface area contributed by atoms with Crippen molar-refractivity contribution < 1.29 is 19.1 Å². The number of amides is 3. The third-order valence-electron chi connectivity index (χ3n) is 6.30. The predicted molar refractivity (Wildman–Crippen MR) is 144 cm³/mol. The topological polar surface area (TPSA) is 103 Å². The minimum absolute atomic E-state index is 0.199. The number of rotatable bonds is 2. The molecule has 37 heavy (non-hydrogen) atoms. The number of benzene rings is 1. The van der Waals surface area contributed by atoms with Gasteiger partial charge in [0.25, 0.3) is 0 Å². The van der Waals surface area contributed by atoms with Crippen LogP contribution < -0.4 is 11.0 Å². The molecule has 1 atom stereocenters. The summed E-state index contributed by atoms with van der Waals surface area (Å²) in [6.07, 6.45) is 2.85. The monoisotopic (exact) mass is 512 g/mol. The van der Waals surface area contributed by atoms with Gasteiger partial charge in [0, 0.05) is 25.0 Å². The Morgan fingerprint density at radius 3 is 2.22 bits per heavy atom. The van der Waals surface area contributed by atoms with Gasteiger partial charge in [0.05, 0.1) is 11.0 Å². The minimum atomic E-state index is -0.728. The zero-order chi connectivity index (χ0) is 27.7. The van der Waals surface area contributed by atoms with E-state index in [9.17, 15) is 19.2 Å². The van der Waals surface area contributed by atoms with Crippen LogP contribution in [0.4, 0.5) is 4.79 Å². The largest absolute Gasteiger partial charge is 0.444 e. The summed E-state index contributed by atoms with van der Waals surface area (Å²) in [6.45, 7) is 16.4. The van der Waals surface area contributed by atoms with Crippen LogP contribution in [0, 0.1) is 0 Å². The lowest BCUT2D eigenvalue weighted by Gasteiger charge is -2.29. The van der Waals surface area contributed by atoms with Gasteiger partial charge in [-0.25, -0.2) is 9.59 Å². The zero-order valence-electron chi connectivity index (χ0n) is 23.3. The molecule has 2 aromatic rings. The number of aromatic nitrogens is 2. The highest BCUT2D eigenvalue weighted by Crippen LogP contribution is 2.31. The Balaban J connectivity index is 0.00000186. The Kier molecular flexibility index (Phi) is 8.05. The van der Waals surface area contributed by atoms with Crippen molar-refractivity contribution in [2.75, 3.05) is 13.1 Å². The molecule has 1 unspecified atom stereocenters. The van der Waals surface area contributed by atoms with Gasteiger partial charge in [-0.15, -0.1) is 0 Å². The van der Waals surface area contributed by atoms with Crippen molar-refractivity contribution in [3.8, 4) is 0 Å². The smallest absolute Gasteiger partial charge is 0.410 e. The highest BCUT2D eigenvalue weighted by Gasteiger charge is 2.33. The number of fused-ring (bicyclic) bond motifs is 1. The average Bonchev–Trinajstić information content (AvgIpc) is 3.10. The molecule has 202 valence electrons. The predicted octanol–water partition coefficient (Wildman–Crippen LogP) is 4.59. The van der Waals surface area contributed by atoms with Gasteiger partial charge >= 0.3 is 11.8 Å². The van der Waals surface area contributed by atoms with E-state index < -0.39 is 23.1 Å². The Hall–Kier alpha value is -3.36. The van der Waals surface area contributed by atoms with Crippen LogP contribution in [0.5, 0.6) is 0 Å². The van der Waals surface area contributed by atoms with Crippen LogP contribution in [0.3, 0.4) is 0 Å². The number of imide groups is 1. The lowest BCUT2D eigenvalue weighted by molar-refractivity contribution is -0.135. The summed E-state index contributed by atoms with van der Waals surface area (Å²) < 4.78 is 8.71. The fourth-order valence-corrected chi connectivity index (χ4v) is 4.72. The van der Waals surface area contributed by atoms with Gasteiger partial charge in [0.15, 0.2) is 0 Å². The van der Waals surface area contributed by atoms with Crippen LogP contribution in [-0.2, 0) is 19.9 Å². The Morgan fingerprint density at radius 1 is 1.00 bits per heavy atom. The molecule has 2 aliphatic heterocycles. The molecule has 1 N–H and O–H groups in total. The molecule has 3 amide bonds. The first-order chi connectivity index (χ1) is 17.3. The lowest BCUT2D eigenvalue weighted by atomic mass is 9.98. The maximum atomic E-state index is 13.6. The molecule has 4 rings (SSSR count). The number of carbonyl (C=O) groups is 3. The summed E-state index contributed by atoms with van der Waals surface area (Å²) in [6, 6.07) is 5.08. The van der Waals surface area contributed by atoms with E-state index in [4.69, 9.17) is 4.74 Å². The molecule has 1 aromatic carbocycles. The Morgan fingerprint density at radius 2 is 1.68 bits per heavy atom. The third kappa shape index (κ3) is 5.97. The molecule has 1 saturated heterocycles. The van der Waals surface area contributed by atoms with Crippen LogP contribution in [-0.4, -0.2) is 50.6 Å². The zero-order valence-corrected chi connectivity index (χ0v) is 23.3. The molecule has 0 radical (unpaired) electrons.